The van der Waals surface area contributed by atoms with Crippen molar-refractivity contribution in [2.75, 3.05) is 16.5 Å². The Labute approximate surface area is 307 Å². The number of benzene rings is 6. The Morgan fingerprint density at radius 1 is 0.558 bits per heavy atom. The van der Waals surface area contributed by atoms with E-state index < -0.39 is 8.07 Å². The minimum atomic E-state index is -2.16. The van der Waals surface area contributed by atoms with Gasteiger partial charge in [-0.1, -0.05) is 134 Å². The summed E-state index contributed by atoms with van der Waals surface area (Å²) in [6.45, 7) is 10.3. The van der Waals surface area contributed by atoms with E-state index in [-0.39, 0.29) is 0 Å². The van der Waals surface area contributed by atoms with Gasteiger partial charge < -0.3 is 9.80 Å². The van der Waals surface area contributed by atoms with Gasteiger partial charge >= 0.3 is 0 Å². The zero-order valence-corrected chi connectivity index (χ0v) is 31.2. The van der Waals surface area contributed by atoms with Gasteiger partial charge in [-0.2, -0.15) is 0 Å². The van der Waals surface area contributed by atoms with Crippen molar-refractivity contribution in [2.45, 2.75) is 32.9 Å². The number of fused-ring (bicyclic) bond motifs is 4. The summed E-state index contributed by atoms with van der Waals surface area (Å²) in [4.78, 5) is 9.86. The number of para-hydroxylation sites is 4. The fourth-order valence-corrected chi connectivity index (χ4v) is 10.4. The quantitative estimate of drug-likeness (QED) is 0.156. The Bertz CT molecular complexity index is 2590. The lowest BCUT2D eigenvalue weighted by Crippen LogP contribution is -2.53. The maximum Gasteiger partial charge on any atom is 0.138 e. The molecule has 2 aromatic heterocycles. The third-order valence-electron chi connectivity index (χ3n) is 11.0. The molecule has 0 unspecified atom stereocenters. The molecule has 0 atom stereocenters. The highest BCUT2D eigenvalue weighted by Gasteiger charge is 2.31. The molecule has 3 heterocycles. The number of aromatic nitrogens is 2. The van der Waals surface area contributed by atoms with Crippen LogP contribution < -0.4 is 20.2 Å². The number of pyridine rings is 1. The van der Waals surface area contributed by atoms with Crippen molar-refractivity contribution in [1.82, 2.24) is 9.55 Å². The summed E-state index contributed by atoms with van der Waals surface area (Å²) in [5, 5.41) is 5.31. The number of anilines is 4. The molecular formula is C47H42N4Si. The first-order valence-electron chi connectivity index (χ1n) is 18.3. The maximum atomic E-state index is 5.00. The second kappa shape index (κ2) is 12.7. The van der Waals surface area contributed by atoms with Crippen LogP contribution in [0.25, 0.3) is 38.8 Å². The molecule has 0 radical (unpaired) electrons. The standard InChI is InChI=1S/C47H42N4Si/c1-33(2)39-19-8-9-20-40(39)34-27-28-48-47(29-34)51-43-22-11-10-21-41(43)42-26-25-38(31-46(42)51)52(3,4)37-18-14-17-36(30-37)50-32-49(35-15-6-5-7-16-35)44-23-12-13-24-45(44)50/h5-31,33H,32H2,1-4H3. The lowest BCUT2D eigenvalue weighted by molar-refractivity contribution is 0.869. The van der Waals surface area contributed by atoms with E-state index in [9.17, 15) is 0 Å². The summed E-state index contributed by atoms with van der Waals surface area (Å²) in [6, 6.07) is 57.8. The molecule has 6 aromatic carbocycles. The van der Waals surface area contributed by atoms with Crippen molar-refractivity contribution >= 4 is 63.0 Å². The average molecular weight is 691 g/mol. The van der Waals surface area contributed by atoms with Gasteiger partial charge in [-0.05, 0) is 83.3 Å². The first-order valence-corrected chi connectivity index (χ1v) is 21.3. The van der Waals surface area contributed by atoms with Gasteiger partial charge in [0.1, 0.15) is 20.6 Å². The minimum absolute atomic E-state index is 0.428. The molecule has 4 nitrogen and oxygen atoms in total. The van der Waals surface area contributed by atoms with E-state index in [1.54, 1.807) is 0 Å². The summed E-state index contributed by atoms with van der Waals surface area (Å²) in [5.74, 6) is 1.37. The molecule has 254 valence electrons. The van der Waals surface area contributed by atoms with Crippen LogP contribution in [0.3, 0.4) is 0 Å². The van der Waals surface area contributed by atoms with Crippen LogP contribution in [-0.2, 0) is 0 Å². The van der Waals surface area contributed by atoms with Gasteiger partial charge in [0, 0.05) is 28.3 Å². The summed E-state index contributed by atoms with van der Waals surface area (Å²) in [7, 11) is -2.16. The van der Waals surface area contributed by atoms with E-state index in [2.05, 4.69) is 199 Å². The Morgan fingerprint density at radius 2 is 1.21 bits per heavy atom. The Balaban J connectivity index is 1.14. The van der Waals surface area contributed by atoms with Crippen LogP contribution in [0.5, 0.6) is 0 Å². The van der Waals surface area contributed by atoms with E-state index in [0.29, 0.717) is 5.92 Å². The molecule has 0 spiro atoms. The zero-order chi connectivity index (χ0) is 35.4. The van der Waals surface area contributed by atoms with Gasteiger partial charge in [-0.25, -0.2) is 4.98 Å². The van der Waals surface area contributed by atoms with Crippen LogP contribution >= 0.6 is 0 Å². The summed E-state index contributed by atoms with van der Waals surface area (Å²) < 4.78 is 2.37. The van der Waals surface area contributed by atoms with Crippen molar-refractivity contribution < 1.29 is 0 Å². The number of nitrogens with zero attached hydrogens (tertiary/aromatic N) is 4. The van der Waals surface area contributed by atoms with E-state index >= 15 is 0 Å². The van der Waals surface area contributed by atoms with Gasteiger partial charge in [0.05, 0.1) is 22.4 Å². The van der Waals surface area contributed by atoms with E-state index in [1.807, 2.05) is 6.20 Å². The van der Waals surface area contributed by atoms with Crippen LogP contribution in [-0.4, -0.2) is 24.3 Å². The third kappa shape index (κ3) is 5.32. The largest absolute Gasteiger partial charge is 0.321 e. The summed E-state index contributed by atoms with van der Waals surface area (Å²) in [6.07, 6.45) is 1.96. The lowest BCUT2D eigenvalue weighted by Gasteiger charge is -2.27. The molecular weight excluding hydrogens is 649 g/mol. The van der Waals surface area contributed by atoms with Crippen molar-refractivity contribution in [1.29, 1.82) is 0 Å². The second-order valence-electron chi connectivity index (χ2n) is 14.7. The fourth-order valence-electron chi connectivity index (χ4n) is 8.07. The van der Waals surface area contributed by atoms with Gasteiger partial charge in [-0.3, -0.25) is 4.57 Å². The fraction of sp³-hybridized carbons (Fsp3) is 0.128. The molecule has 0 amide bonds. The molecule has 0 aliphatic carbocycles. The molecule has 0 saturated heterocycles. The molecule has 1 aliphatic heterocycles. The normalized spacial score (nSPS) is 13.0. The van der Waals surface area contributed by atoms with Gasteiger partial charge in [0.15, 0.2) is 0 Å². The van der Waals surface area contributed by atoms with Crippen molar-refractivity contribution in [3.8, 4) is 16.9 Å². The van der Waals surface area contributed by atoms with E-state index in [4.69, 9.17) is 4.98 Å². The second-order valence-corrected chi connectivity index (χ2v) is 19.1. The molecule has 52 heavy (non-hydrogen) atoms. The van der Waals surface area contributed by atoms with Crippen molar-refractivity contribution in [3.63, 3.8) is 0 Å². The van der Waals surface area contributed by atoms with Crippen LogP contribution in [0.2, 0.25) is 13.1 Å². The zero-order valence-electron chi connectivity index (χ0n) is 30.2. The summed E-state index contributed by atoms with van der Waals surface area (Å²) >= 11 is 0. The Morgan fingerprint density at radius 3 is 2.02 bits per heavy atom. The monoisotopic (exact) mass is 690 g/mol. The predicted octanol–water partition coefficient (Wildman–Crippen LogP) is 11.0. The van der Waals surface area contributed by atoms with Crippen molar-refractivity contribution in [2.24, 2.45) is 0 Å². The highest BCUT2D eigenvalue weighted by Crippen LogP contribution is 2.44. The topological polar surface area (TPSA) is 24.3 Å². The van der Waals surface area contributed by atoms with Gasteiger partial charge in [-0.15, -0.1) is 0 Å². The molecule has 0 N–H and O–H groups in total. The highest BCUT2D eigenvalue weighted by molar-refractivity contribution is 7.00. The first kappa shape index (κ1) is 32.0. The maximum absolute atomic E-state index is 5.00. The predicted molar refractivity (Wildman–Crippen MR) is 223 cm³/mol. The van der Waals surface area contributed by atoms with Gasteiger partial charge in [0.2, 0.25) is 0 Å². The van der Waals surface area contributed by atoms with Crippen LogP contribution in [0.15, 0.2) is 164 Å². The highest BCUT2D eigenvalue weighted by atomic mass is 28.3. The number of hydrogen-bond donors (Lipinski definition) is 0. The summed E-state index contributed by atoms with van der Waals surface area (Å²) in [5.41, 5.74) is 11.1. The molecule has 9 rings (SSSR count). The Kier molecular flexibility index (Phi) is 7.82. The lowest BCUT2D eigenvalue weighted by atomic mass is 9.93. The molecule has 5 heteroatoms. The molecule has 1 aliphatic rings. The third-order valence-corrected chi connectivity index (χ3v) is 14.5. The minimum Gasteiger partial charge on any atom is -0.321 e. The average Bonchev–Trinajstić information content (AvgIpc) is 3.74. The van der Waals surface area contributed by atoms with Crippen LogP contribution in [0.1, 0.15) is 25.3 Å². The van der Waals surface area contributed by atoms with E-state index in [0.717, 1.165) is 12.5 Å². The van der Waals surface area contributed by atoms with Crippen LogP contribution in [0.4, 0.5) is 22.7 Å². The van der Waals surface area contributed by atoms with Crippen molar-refractivity contribution in [3.05, 3.63) is 169 Å². The molecule has 0 fully saturated rings. The van der Waals surface area contributed by atoms with Crippen LogP contribution in [0, 0.1) is 0 Å². The molecule has 0 saturated carbocycles. The SMILES string of the molecule is CC(C)c1ccccc1-c1ccnc(-n2c3ccccc3c3ccc([Si](C)(C)c4cccc(N5CN(c6ccccc6)c6ccccc65)c4)cc32)c1. The smallest absolute Gasteiger partial charge is 0.138 e. The Hall–Kier alpha value is -5.91. The number of rotatable bonds is 7. The molecule has 8 aromatic rings. The van der Waals surface area contributed by atoms with Gasteiger partial charge in [0.25, 0.3) is 0 Å². The molecule has 0 bridgehead atoms. The number of hydrogen-bond acceptors (Lipinski definition) is 3. The first-order chi connectivity index (χ1) is 25.4. The van der Waals surface area contributed by atoms with E-state index in [1.165, 1.54) is 71.6 Å².